The van der Waals surface area contributed by atoms with Crippen LogP contribution in [-0.2, 0) is 27.4 Å². The molecule has 5 heterocycles. The molecule has 0 radical (unpaired) electrons. The van der Waals surface area contributed by atoms with Crippen molar-refractivity contribution in [3.8, 4) is 11.5 Å². The lowest BCUT2D eigenvalue weighted by Crippen LogP contribution is -2.58. The summed E-state index contributed by atoms with van der Waals surface area (Å²) in [7, 11) is 0. The fourth-order valence-corrected chi connectivity index (χ4v) is 7.58. The van der Waals surface area contributed by atoms with Crippen LogP contribution in [0.25, 0.3) is 11.0 Å². The van der Waals surface area contributed by atoms with Crippen molar-refractivity contribution in [3.05, 3.63) is 87.1 Å². The number of hydrogen-bond donors (Lipinski definition) is 7. The Bertz CT molecular complexity index is 2060. The van der Waals surface area contributed by atoms with E-state index in [1.807, 2.05) is 24.1 Å². The minimum absolute atomic E-state index is 0.0218. The van der Waals surface area contributed by atoms with Crippen molar-refractivity contribution >= 4 is 28.8 Å². The van der Waals surface area contributed by atoms with E-state index < -0.39 is 48.8 Å². The molecule has 0 bridgehead atoms. The van der Waals surface area contributed by atoms with E-state index in [1.165, 1.54) is 30.3 Å². The van der Waals surface area contributed by atoms with Gasteiger partial charge in [-0.25, -0.2) is 9.78 Å². The molecule has 0 aliphatic carbocycles. The van der Waals surface area contributed by atoms with Crippen molar-refractivity contribution in [2.24, 2.45) is 10.9 Å². The van der Waals surface area contributed by atoms with E-state index in [9.17, 15) is 40.2 Å². The Balaban J connectivity index is 1.23. The normalized spacial score (nSPS) is 24.6. The van der Waals surface area contributed by atoms with Gasteiger partial charge in [0.15, 0.2) is 16.8 Å². The summed E-state index contributed by atoms with van der Waals surface area (Å²) in [6.45, 7) is 2.98. The number of carbonyl (C=O) groups is 1. The second kappa shape index (κ2) is 14.9. The molecule has 54 heavy (non-hydrogen) atoms. The summed E-state index contributed by atoms with van der Waals surface area (Å²) < 4.78 is 13.2. The minimum Gasteiger partial charge on any atom is -0.508 e. The number of aliphatic hydroxyl groups is 5. The Morgan fingerprint density at radius 3 is 2.63 bits per heavy atom. The number of ether oxygens (including phenoxy) is 1. The van der Waals surface area contributed by atoms with Crippen LogP contribution in [0.4, 0.5) is 5.69 Å². The van der Waals surface area contributed by atoms with Gasteiger partial charge in [0, 0.05) is 55.4 Å². The largest absolute Gasteiger partial charge is 0.508 e. The quantitative estimate of drug-likeness (QED) is 0.0918. The number of hydrogen-bond acceptors (Lipinski definition) is 14. The van der Waals surface area contributed by atoms with Gasteiger partial charge in [-0.1, -0.05) is 12.1 Å². The number of aliphatic hydroxyl groups excluding tert-OH is 4. The number of anilines is 1. The Morgan fingerprint density at radius 1 is 1.15 bits per heavy atom. The van der Waals surface area contributed by atoms with Gasteiger partial charge < -0.3 is 50.0 Å². The molecule has 7 rings (SSSR count). The molecule has 3 aromatic rings. The maximum atomic E-state index is 13.4. The van der Waals surface area contributed by atoms with Crippen LogP contribution in [0, 0.1) is 12.8 Å². The molecular formula is C39H45N3O12. The van der Waals surface area contributed by atoms with Crippen molar-refractivity contribution in [2.45, 2.75) is 81.6 Å². The summed E-state index contributed by atoms with van der Waals surface area (Å²) in [6, 6.07) is 8.95. The topological polar surface area (TPSA) is 224 Å². The SMILES string of the molecule is Cc1cc(=O)c2cc3c(c(N4C=C5N=CC=C5C4)c2o1)OC(C)(CCC1CNC(=O)C1)C(OOCC(O)(Cc1ccc(O)cc1)C(O)C(O)C(O)CO)C3. The predicted octanol–water partition coefficient (Wildman–Crippen LogP) is 1.45. The van der Waals surface area contributed by atoms with Crippen LogP contribution < -0.4 is 20.4 Å². The average molecular weight is 748 g/mol. The number of rotatable bonds is 14. The van der Waals surface area contributed by atoms with Gasteiger partial charge in [-0.2, -0.15) is 0 Å². The molecule has 1 aromatic heterocycles. The van der Waals surface area contributed by atoms with Gasteiger partial charge in [0.05, 0.1) is 24.2 Å². The lowest BCUT2D eigenvalue weighted by Gasteiger charge is -2.43. The number of amides is 1. The third-order valence-electron chi connectivity index (χ3n) is 10.8. The number of allylic oxidation sites excluding steroid dienone is 1. The van der Waals surface area contributed by atoms with Gasteiger partial charge >= 0.3 is 0 Å². The van der Waals surface area contributed by atoms with Crippen LogP contribution in [0.3, 0.4) is 0 Å². The molecule has 288 valence electrons. The first-order chi connectivity index (χ1) is 25.8. The number of carbonyl (C=O) groups excluding carboxylic acids is 1. The number of phenolic OH excluding ortho intramolecular Hbond substituents is 1. The molecule has 2 aromatic carbocycles. The van der Waals surface area contributed by atoms with Crippen molar-refractivity contribution in [1.82, 2.24) is 5.32 Å². The molecule has 7 unspecified atom stereocenters. The second-order valence-corrected chi connectivity index (χ2v) is 14.9. The van der Waals surface area contributed by atoms with Crippen molar-refractivity contribution in [3.63, 3.8) is 0 Å². The summed E-state index contributed by atoms with van der Waals surface area (Å²) in [5, 5.41) is 66.0. The van der Waals surface area contributed by atoms with E-state index in [-0.39, 0.29) is 35.8 Å². The van der Waals surface area contributed by atoms with Gasteiger partial charge in [0.1, 0.15) is 59.4 Å². The van der Waals surface area contributed by atoms with Crippen LogP contribution in [0.1, 0.15) is 43.1 Å². The van der Waals surface area contributed by atoms with Crippen LogP contribution in [-0.4, -0.2) is 105 Å². The predicted molar refractivity (Wildman–Crippen MR) is 195 cm³/mol. The molecule has 0 saturated carbocycles. The lowest BCUT2D eigenvalue weighted by molar-refractivity contribution is -0.371. The Hall–Kier alpha value is -4.61. The van der Waals surface area contributed by atoms with E-state index in [0.29, 0.717) is 71.6 Å². The third-order valence-corrected chi connectivity index (χ3v) is 10.8. The van der Waals surface area contributed by atoms with E-state index in [1.54, 1.807) is 19.2 Å². The zero-order valence-corrected chi connectivity index (χ0v) is 30.0. The first-order valence-corrected chi connectivity index (χ1v) is 18.0. The van der Waals surface area contributed by atoms with Crippen LogP contribution in [0.15, 0.2) is 74.1 Å². The molecule has 4 aliphatic rings. The van der Waals surface area contributed by atoms with Crippen molar-refractivity contribution in [2.75, 3.05) is 31.2 Å². The Kier molecular flexibility index (Phi) is 10.4. The molecule has 1 amide bonds. The molecule has 4 aliphatic heterocycles. The summed E-state index contributed by atoms with van der Waals surface area (Å²) in [5.74, 6) is 0.922. The molecule has 7 atom stereocenters. The number of phenols is 1. The average Bonchev–Trinajstić information content (AvgIpc) is 3.87. The van der Waals surface area contributed by atoms with E-state index in [2.05, 4.69) is 10.3 Å². The highest BCUT2D eigenvalue weighted by atomic mass is 17.2. The number of fused-ring (bicyclic) bond motifs is 3. The number of aliphatic imine (C=N–C) groups is 1. The molecule has 1 fully saturated rings. The van der Waals surface area contributed by atoms with Crippen LogP contribution in [0.5, 0.6) is 11.5 Å². The monoisotopic (exact) mass is 747 g/mol. The van der Waals surface area contributed by atoms with E-state index in [0.717, 1.165) is 11.3 Å². The molecule has 15 heteroatoms. The van der Waals surface area contributed by atoms with Crippen LogP contribution >= 0.6 is 0 Å². The van der Waals surface area contributed by atoms with Gasteiger partial charge in [-0.15, -0.1) is 0 Å². The Morgan fingerprint density at radius 2 is 1.93 bits per heavy atom. The van der Waals surface area contributed by atoms with Gasteiger partial charge in [-0.05, 0) is 62.4 Å². The van der Waals surface area contributed by atoms with Gasteiger partial charge in [-0.3, -0.25) is 14.6 Å². The third kappa shape index (κ3) is 7.40. The minimum atomic E-state index is -2.26. The second-order valence-electron chi connectivity index (χ2n) is 14.9. The molecular weight excluding hydrogens is 702 g/mol. The van der Waals surface area contributed by atoms with Crippen molar-refractivity contribution in [1.29, 1.82) is 0 Å². The summed E-state index contributed by atoms with van der Waals surface area (Å²) >= 11 is 0. The van der Waals surface area contributed by atoms with Gasteiger partial charge in [0.2, 0.25) is 5.91 Å². The highest BCUT2D eigenvalue weighted by molar-refractivity contribution is 5.96. The lowest BCUT2D eigenvalue weighted by atomic mass is 9.83. The number of nitrogens with one attached hydrogen (secondary N) is 1. The number of benzene rings is 2. The highest BCUT2D eigenvalue weighted by Gasteiger charge is 2.48. The fraction of sp³-hybridized carbons (Fsp3) is 0.462. The molecule has 1 saturated heterocycles. The number of aryl methyl sites for hydroxylation is 1. The number of nitrogens with zero attached hydrogens (tertiary/aromatic N) is 2. The molecule has 7 N–H and O–H groups in total. The zero-order valence-electron chi connectivity index (χ0n) is 30.0. The van der Waals surface area contributed by atoms with Gasteiger partial charge in [0.25, 0.3) is 0 Å². The van der Waals surface area contributed by atoms with E-state index in [4.69, 9.17) is 18.9 Å². The molecule has 15 nitrogen and oxygen atoms in total. The van der Waals surface area contributed by atoms with E-state index >= 15 is 0 Å². The maximum absolute atomic E-state index is 13.4. The van der Waals surface area contributed by atoms with Crippen LogP contribution in [0.2, 0.25) is 0 Å². The zero-order chi connectivity index (χ0) is 38.4. The maximum Gasteiger partial charge on any atom is 0.220 e. The standard InChI is InChI=1S/C39H45N3O12/c1-21-11-29(45)27-13-25-14-31(54-51-20-39(50,37(49)34(48)30(46)19-43)15-22-3-5-26(44)6-4-22)38(2,9-7-23-12-32(47)41-16-23)53-35(25)33(36(27)52-21)42-17-24-8-10-40-28(24)18-42/h3-6,8,10-11,13,18,23,30-31,34,37,43-44,46,48-50H,7,9,12,14-17,19-20H2,1-2H3,(H,41,47). The molecule has 0 spiro atoms. The summed E-state index contributed by atoms with van der Waals surface area (Å²) in [6.07, 6.45) is 0.211. The number of aromatic hydroxyl groups is 1. The first-order valence-electron chi connectivity index (χ1n) is 18.0. The Labute approximate surface area is 310 Å². The highest BCUT2D eigenvalue weighted by Crippen LogP contribution is 2.49. The summed E-state index contributed by atoms with van der Waals surface area (Å²) in [4.78, 5) is 43.7. The smallest absolute Gasteiger partial charge is 0.220 e. The van der Waals surface area contributed by atoms with Crippen molar-refractivity contribution < 1.29 is 54.4 Å². The fourth-order valence-electron chi connectivity index (χ4n) is 7.58. The summed E-state index contributed by atoms with van der Waals surface area (Å²) in [5.41, 5.74) is 0.205. The first kappa shape index (κ1) is 37.7.